The van der Waals surface area contributed by atoms with Gasteiger partial charge in [0, 0.05) is 0 Å². The maximum Gasteiger partial charge on any atom is 0.126 e. The highest BCUT2D eigenvalue weighted by atomic mass is 19.1. The summed E-state index contributed by atoms with van der Waals surface area (Å²) in [6.07, 6.45) is 0.722. The van der Waals surface area contributed by atoms with E-state index < -0.39 is 5.54 Å². The molecular weight excluding hydrogens is 225 g/mol. The fraction of sp³-hybridized carbons (Fsp3) is 0.250. The molecule has 1 unspecified atom stereocenters. The second-order valence-corrected chi connectivity index (χ2v) is 4.65. The summed E-state index contributed by atoms with van der Waals surface area (Å²) >= 11 is 0. The van der Waals surface area contributed by atoms with Crippen molar-refractivity contribution < 1.29 is 4.39 Å². The summed E-state index contributed by atoms with van der Waals surface area (Å²) in [5.74, 6) is -0.202. The van der Waals surface area contributed by atoms with Crippen LogP contribution in [0.4, 0.5) is 4.39 Å². The Morgan fingerprint density at radius 2 is 1.72 bits per heavy atom. The van der Waals surface area contributed by atoms with Gasteiger partial charge in [-0.05, 0) is 36.1 Å². The molecule has 0 aliphatic carbocycles. The first kappa shape index (κ1) is 12.8. The van der Waals surface area contributed by atoms with Crippen LogP contribution in [-0.2, 0) is 5.54 Å². The Hall–Kier alpha value is -1.67. The van der Waals surface area contributed by atoms with E-state index in [1.165, 1.54) is 0 Å². The number of rotatable bonds is 3. The van der Waals surface area contributed by atoms with Crippen LogP contribution in [0.2, 0.25) is 0 Å². The van der Waals surface area contributed by atoms with Crippen LogP contribution >= 0.6 is 0 Å². The Bertz CT molecular complexity index is 536. The molecule has 2 heteroatoms. The highest BCUT2D eigenvalue weighted by Crippen LogP contribution is 2.30. The molecule has 0 saturated carbocycles. The Balaban J connectivity index is 2.53. The Morgan fingerprint density at radius 1 is 1.06 bits per heavy atom. The van der Waals surface area contributed by atoms with E-state index in [0.717, 1.165) is 17.5 Å². The molecule has 18 heavy (non-hydrogen) atoms. The second kappa shape index (κ2) is 4.91. The third-order valence-electron chi connectivity index (χ3n) is 3.53. The Labute approximate surface area is 107 Å². The van der Waals surface area contributed by atoms with Crippen LogP contribution in [0.15, 0.2) is 48.5 Å². The molecule has 0 spiro atoms. The molecule has 0 radical (unpaired) electrons. The zero-order valence-corrected chi connectivity index (χ0v) is 10.8. The van der Waals surface area contributed by atoms with Crippen LogP contribution in [0.3, 0.4) is 0 Å². The predicted molar refractivity (Wildman–Crippen MR) is 72.8 cm³/mol. The minimum absolute atomic E-state index is 0.202. The number of halogens is 1. The van der Waals surface area contributed by atoms with Crippen LogP contribution in [0.25, 0.3) is 0 Å². The van der Waals surface area contributed by atoms with E-state index >= 15 is 0 Å². The van der Waals surface area contributed by atoms with Crippen LogP contribution in [0, 0.1) is 12.7 Å². The van der Waals surface area contributed by atoms with Gasteiger partial charge in [-0.25, -0.2) is 4.39 Å². The minimum atomic E-state index is -0.629. The molecular formula is C16H18FN. The molecule has 0 aromatic heterocycles. The standard InChI is InChI=1S/C16H18FN/c1-3-16(18,13-7-5-4-6-8-13)14-10-9-12(2)15(17)11-14/h4-11H,3,18H2,1-2H3. The molecule has 94 valence electrons. The van der Waals surface area contributed by atoms with Crippen LogP contribution in [0.5, 0.6) is 0 Å². The highest BCUT2D eigenvalue weighted by molar-refractivity contribution is 5.39. The van der Waals surface area contributed by atoms with Crippen LogP contribution in [0.1, 0.15) is 30.0 Å². The van der Waals surface area contributed by atoms with Gasteiger partial charge in [0.1, 0.15) is 5.82 Å². The fourth-order valence-corrected chi connectivity index (χ4v) is 2.18. The summed E-state index contributed by atoms with van der Waals surface area (Å²) in [5.41, 5.74) is 8.34. The number of aryl methyl sites for hydroxylation is 1. The van der Waals surface area contributed by atoms with Gasteiger partial charge in [0.05, 0.1) is 5.54 Å². The number of hydrogen-bond donors (Lipinski definition) is 1. The average molecular weight is 243 g/mol. The van der Waals surface area contributed by atoms with Crippen molar-refractivity contribution in [3.63, 3.8) is 0 Å². The Morgan fingerprint density at radius 3 is 2.28 bits per heavy atom. The van der Waals surface area contributed by atoms with Crippen molar-refractivity contribution in [3.05, 3.63) is 71.0 Å². The van der Waals surface area contributed by atoms with Gasteiger partial charge in [-0.15, -0.1) is 0 Å². The molecule has 1 atom stereocenters. The molecule has 2 rings (SSSR count). The SMILES string of the molecule is CCC(N)(c1ccccc1)c1ccc(C)c(F)c1. The van der Waals surface area contributed by atoms with Gasteiger partial charge in [-0.3, -0.25) is 0 Å². The van der Waals surface area contributed by atoms with E-state index in [9.17, 15) is 4.39 Å². The summed E-state index contributed by atoms with van der Waals surface area (Å²) in [4.78, 5) is 0. The molecule has 0 bridgehead atoms. The summed E-state index contributed by atoms with van der Waals surface area (Å²) in [6, 6.07) is 15.1. The number of hydrogen-bond acceptors (Lipinski definition) is 1. The molecule has 0 heterocycles. The van der Waals surface area contributed by atoms with Crippen molar-refractivity contribution in [2.24, 2.45) is 5.73 Å². The van der Waals surface area contributed by atoms with Crippen LogP contribution < -0.4 is 5.73 Å². The van der Waals surface area contributed by atoms with E-state index in [-0.39, 0.29) is 5.82 Å². The topological polar surface area (TPSA) is 26.0 Å². The lowest BCUT2D eigenvalue weighted by Crippen LogP contribution is -2.37. The third kappa shape index (κ3) is 2.16. The smallest absolute Gasteiger partial charge is 0.126 e. The quantitative estimate of drug-likeness (QED) is 0.873. The first-order valence-corrected chi connectivity index (χ1v) is 6.19. The largest absolute Gasteiger partial charge is 0.318 e. The zero-order valence-electron chi connectivity index (χ0n) is 10.8. The van der Waals surface area contributed by atoms with E-state index in [4.69, 9.17) is 5.73 Å². The molecule has 0 fully saturated rings. The van der Waals surface area contributed by atoms with Gasteiger partial charge < -0.3 is 5.73 Å². The van der Waals surface area contributed by atoms with Crippen molar-refractivity contribution >= 4 is 0 Å². The lowest BCUT2D eigenvalue weighted by Gasteiger charge is -2.29. The number of nitrogens with two attached hydrogens (primary N) is 1. The monoisotopic (exact) mass is 243 g/mol. The maximum atomic E-state index is 13.7. The molecule has 1 nitrogen and oxygen atoms in total. The van der Waals surface area contributed by atoms with E-state index in [0.29, 0.717) is 5.56 Å². The van der Waals surface area contributed by atoms with E-state index in [2.05, 4.69) is 0 Å². The lowest BCUT2D eigenvalue weighted by molar-refractivity contribution is 0.511. The molecule has 0 aliphatic rings. The summed E-state index contributed by atoms with van der Waals surface area (Å²) in [5, 5.41) is 0. The van der Waals surface area contributed by atoms with Crippen molar-refractivity contribution in [3.8, 4) is 0 Å². The first-order valence-electron chi connectivity index (χ1n) is 6.19. The molecule has 0 aliphatic heterocycles. The lowest BCUT2D eigenvalue weighted by atomic mass is 9.81. The van der Waals surface area contributed by atoms with Crippen molar-refractivity contribution in [2.45, 2.75) is 25.8 Å². The minimum Gasteiger partial charge on any atom is -0.318 e. The highest BCUT2D eigenvalue weighted by Gasteiger charge is 2.27. The molecule has 2 aromatic rings. The van der Waals surface area contributed by atoms with E-state index in [1.54, 1.807) is 19.1 Å². The molecule has 2 N–H and O–H groups in total. The van der Waals surface area contributed by atoms with Gasteiger partial charge in [0.2, 0.25) is 0 Å². The van der Waals surface area contributed by atoms with Gasteiger partial charge in [-0.2, -0.15) is 0 Å². The number of benzene rings is 2. The summed E-state index contributed by atoms with van der Waals surface area (Å²) in [6.45, 7) is 3.77. The predicted octanol–water partition coefficient (Wildman–Crippen LogP) is 3.75. The van der Waals surface area contributed by atoms with Gasteiger partial charge in [0.25, 0.3) is 0 Å². The average Bonchev–Trinajstić information content (AvgIpc) is 2.42. The molecule has 2 aromatic carbocycles. The third-order valence-corrected chi connectivity index (χ3v) is 3.53. The van der Waals surface area contributed by atoms with Crippen molar-refractivity contribution in [1.82, 2.24) is 0 Å². The second-order valence-electron chi connectivity index (χ2n) is 4.65. The summed E-state index contributed by atoms with van der Waals surface area (Å²) in [7, 11) is 0. The summed E-state index contributed by atoms with van der Waals surface area (Å²) < 4.78 is 13.7. The van der Waals surface area contributed by atoms with Crippen molar-refractivity contribution in [1.29, 1.82) is 0 Å². The fourth-order valence-electron chi connectivity index (χ4n) is 2.18. The molecule has 0 amide bonds. The van der Waals surface area contributed by atoms with Crippen molar-refractivity contribution in [2.75, 3.05) is 0 Å². The molecule has 0 saturated heterocycles. The normalized spacial score (nSPS) is 14.2. The zero-order chi connectivity index (χ0) is 13.2. The van der Waals surface area contributed by atoms with Gasteiger partial charge >= 0.3 is 0 Å². The first-order chi connectivity index (χ1) is 8.58. The van der Waals surface area contributed by atoms with E-state index in [1.807, 2.05) is 43.3 Å². The van der Waals surface area contributed by atoms with Gasteiger partial charge in [-0.1, -0.05) is 49.4 Å². The maximum absolute atomic E-state index is 13.7. The van der Waals surface area contributed by atoms with Crippen LogP contribution in [-0.4, -0.2) is 0 Å². The Kier molecular flexibility index (Phi) is 3.48. The van der Waals surface area contributed by atoms with Gasteiger partial charge in [0.15, 0.2) is 0 Å².